The van der Waals surface area contributed by atoms with Crippen LogP contribution in [-0.4, -0.2) is 43.7 Å². The fourth-order valence-corrected chi connectivity index (χ4v) is 5.38. The van der Waals surface area contributed by atoms with Crippen molar-refractivity contribution in [1.29, 1.82) is 0 Å². The van der Waals surface area contributed by atoms with Crippen LogP contribution in [0, 0.1) is 5.92 Å². The minimum Gasteiger partial charge on any atom is -0.466 e. The zero-order chi connectivity index (χ0) is 20.1. The fraction of sp³-hybridized carbons (Fsp3) is 0.458. The zero-order valence-corrected chi connectivity index (χ0v) is 18.0. The van der Waals surface area contributed by atoms with E-state index >= 15 is 0 Å². The van der Waals surface area contributed by atoms with Gasteiger partial charge in [-0.05, 0) is 76.5 Å². The van der Waals surface area contributed by atoms with Crippen molar-refractivity contribution in [3.63, 3.8) is 0 Å². The molecule has 4 nitrogen and oxygen atoms in total. The number of unbranched alkanes of at least 4 members (excludes halogenated alkanes) is 1. The molecule has 1 saturated heterocycles. The first-order valence-corrected chi connectivity index (χ1v) is 11.6. The number of esters is 1. The monoisotopic (exact) mass is 410 g/mol. The quantitative estimate of drug-likeness (QED) is 0.454. The first kappa shape index (κ1) is 20.3. The summed E-state index contributed by atoms with van der Waals surface area (Å²) in [5, 5.41) is 0. The molecule has 1 fully saturated rings. The number of benzene rings is 2. The van der Waals surface area contributed by atoms with Gasteiger partial charge in [0, 0.05) is 16.3 Å². The molecule has 0 radical (unpaired) electrons. The summed E-state index contributed by atoms with van der Waals surface area (Å²) in [5.74, 6) is 0.0949. The van der Waals surface area contributed by atoms with Gasteiger partial charge in [-0.15, -0.1) is 0 Å². The molecule has 0 N–H and O–H groups in total. The Morgan fingerprint density at radius 1 is 0.966 bits per heavy atom. The van der Waals surface area contributed by atoms with Gasteiger partial charge in [-0.3, -0.25) is 4.79 Å². The first-order valence-electron chi connectivity index (χ1n) is 10.8. The number of carbonyl (C=O) groups is 1. The van der Waals surface area contributed by atoms with Crippen LogP contribution < -0.4 is 4.90 Å². The number of hydrogen-bond donors (Lipinski definition) is 0. The number of rotatable bonds is 7. The van der Waals surface area contributed by atoms with E-state index in [1.54, 1.807) is 0 Å². The van der Waals surface area contributed by atoms with Crippen LogP contribution in [0.4, 0.5) is 11.4 Å². The van der Waals surface area contributed by atoms with Gasteiger partial charge in [0.2, 0.25) is 0 Å². The Balaban J connectivity index is 1.28. The van der Waals surface area contributed by atoms with Gasteiger partial charge in [-0.25, -0.2) is 0 Å². The lowest BCUT2D eigenvalue weighted by molar-refractivity contribution is -0.149. The van der Waals surface area contributed by atoms with Crippen LogP contribution in [0.2, 0.25) is 0 Å². The second-order valence-electron chi connectivity index (χ2n) is 7.76. The molecule has 0 spiro atoms. The molecular weight excluding hydrogens is 380 g/mol. The summed E-state index contributed by atoms with van der Waals surface area (Å²) in [4.78, 5) is 19.6. The molecule has 154 valence electrons. The van der Waals surface area contributed by atoms with Crippen molar-refractivity contribution < 1.29 is 9.53 Å². The molecule has 0 bridgehead atoms. The van der Waals surface area contributed by atoms with Gasteiger partial charge in [-0.1, -0.05) is 36.0 Å². The second kappa shape index (κ2) is 9.68. The molecule has 2 heterocycles. The Morgan fingerprint density at radius 2 is 1.55 bits per heavy atom. The van der Waals surface area contributed by atoms with E-state index in [9.17, 15) is 4.79 Å². The minimum atomic E-state index is -0.00699. The number of para-hydroxylation sites is 2. The summed E-state index contributed by atoms with van der Waals surface area (Å²) in [5.41, 5.74) is 2.65. The van der Waals surface area contributed by atoms with Gasteiger partial charge in [0.05, 0.1) is 23.9 Å². The maximum Gasteiger partial charge on any atom is 0.309 e. The Morgan fingerprint density at radius 3 is 2.17 bits per heavy atom. The molecule has 0 aromatic heterocycles. The lowest BCUT2D eigenvalue weighted by Gasteiger charge is -2.33. The Kier molecular flexibility index (Phi) is 6.78. The summed E-state index contributed by atoms with van der Waals surface area (Å²) in [6.07, 6.45) is 4.20. The molecule has 5 heteroatoms. The van der Waals surface area contributed by atoms with Gasteiger partial charge in [-0.2, -0.15) is 0 Å². The molecule has 29 heavy (non-hydrogen) atoms. The number of anilines is 2. The van der Waals surface area contributed by atoms with Gasteiger partial charge in [0.25, 0.3) is 0 Å². The summed E-state index contributed by atoms with van der Waals surface area (Å²) in [6.45, 7) is 6.53. The van der Waals surface area contributed by atoms with E-state index in [-0.39, 0.29) is 11.9 Å². The van der Waals surface area contributed by atoms with Crippen molar-refractivity contribution in [3.05, 3.63) is 48.5 Å². The van der Waals surface area contributed by atoms with Gasteiger partial charge >= 0.3 is 5.97 Å². The molecule has 2 aromatic rings. The van der Waals surface area contributed by atoms with Crippen LogP contribution in [0.15, 0.2) is 58.3 Å². The van der Waals surface area contributed by atoms with Crippen LogP contribution >= 0.6 is 11.8 Å². The van der Waals surface area contributed by atoms with Crippen molar-refractivity contribution in [1.82, 2.24) is 4.90 Å². The molecular formula is C24H30N2O2S. The third-order valence-electron chi connectivity index (χ3n) is 5.85. The smallest absolute Gasteiger partial charge is 0.309 e. The Hall–Kier alpha value is -1.98. The zero-order valence-electron chi connectivity index (χ0n) is 17.2. The van der Waals surface area contributed by atoms with Crippen LogP contribution in [0.5, 0.6) is 0 Å². The van der Waals surface area contributed by atoms with E-state index in [1.807, 2.05) is 18.7 Å². The highest BCUT2D eigenvalue weighted by molar-refractivity contribution is 7.99. The lowest BCUT2D eigenvalue weighted by atomic mass is 9.97. The second-order valence-corrected chi connectivity index (χ2v) is 8.85. The Bertz CT molecular complexity index is 788. The molecule has 2 aliphatic heterocycles. The highest BCUT2D eigenvalue weighted by Crippen LogP contribution is 2.47. The number of hydrogen-bond acceptors (Lipinski definition) is 5. The lowest BCUT2D eigenvalue weighted by Crippen LogP contribution is -2.37. The predicted octanol–water partition coefficient (Wildman–Crippen LogP) is 5.34. The van der Waals surface area contributed by atoms with Crippen LogP contribution in [0.25, 0.3) is 0 Å². The molecule has 0 saturated carbocycles. The minimum absolute atomic E-state index is 0.00699. The highest BCUT2D eigenvalue weighted by Gasteiger charge is 2.26. The molecule has 0 aliphatic carbocycles. The number of ether oxygens (including phenoxy) is 1. The van der Waals surface area contributed by atoms with Crippen molar-refractivity contribution >= 4 is 29.1 Å². The summed E-state index contributed by atoms with van der Waals surface area (Å²) >= 11 is 1.87. The van der Waals surface area contributed by atoms with E-state index < -0.39 is 0 Å². The van der Waals surface area contributed by atoms with E-state index in [0.29, 0.717) is 6.61 Å². The van der Waals surface area contributed by atoms with Gasteiger partial charge < -0.3 is 14.5 Å². The third kappa shape index (κ3) is 4.78. The van der Waals surface area contributed by atoms with Crippen molar-refractivity contribution in [3.8, 4) is 0 Å². The fourth-order valence-electron chi connectivity index (χ4n) is 4.28. The summed E-state index contributed by atoms with van der Waals surface area (Å²) in [6, 6.07) is 17.4. The highest BCUT2D eigenvalue weighted by atomic mass is 32.2. The molecule has 0 unspecified atom stereocenters. The van der Waals surface area contributed by atoms with Crippen molar-refractivity contribution in [2.75, 3.05) is 37.7 Å². The average molecular weight is 411 g/mol. The number of fused-ring (bicyclic) bond motifs is 2. The summed E-state index contributed by atoms with van der Waals surface area (Å²) < 4.78 is 5.18. The Labute approximate surface area is 178 Å². The van der Waals surface area contributed by atoms with E-state index in [1.165, 1.54) is 27.6 Å². The molecule has 2 aliphatic rings. The van der Waals surface area contributed by atoms with E-state index in [0.717, 1.165) is 45.4 Å². The number of nitrogens with zero attached hydrogens (tertiary/aromatic N) is 2. The van der Waals surface area contributed by atoms with Crippen LogP contribution in [0.1, 0.15) is 32.6 Å². The molecule has 0 atom stereocenters. The van der Waals surface area contributed by atoms with Crippen LogP contribution in [0.3, 0.4) is 0 Å². The number of carbonyl (C=O) groups excluding carboxylic acids is 1. The van der Waals surface area contributed by atoms with Crippen LogP contribution in [-0.2, 0) is 9.53 Å². The van der Waals surface area contributed by atoms with E-state index in [2.05, 4.69) is 58.3 Å². The van der Waals surface area contributed by atoms with Gasteiger partial charge in [0.1, 0.15) is 0 Å². The van der Waals surface area contributed by atoms with Crippen molar-refractivity contribution in [2.24, 2.45) is 5.92 Å². The molecule has 2 aromatic carbocycles. The topological polar surface area (TPSA) is 32.8 Å². The van der Waals surface area contributed by atoms with Crippen molar-refractivity contribution in [2.45, 2.75) is 42.4 Å². The number of likely N-dealkylation sites (tertiary alicyclic amines) is 1. The van der Waals surface area contributed by atoms with Gasteiger partial charge in [0.15, 0.2) is 0 Å². The normalized spacial score (nSPS) is 16.9. The number of piperidine rings is 1. The maximum atomic E-state index is 11.9. The first-order chi connectivity index (χ1) is 14.3. The standard InChI is InChI=1S/C24H30N2O2S/c1-2-28-24(27)19-13-17-25(18-14-19)15-7-8-16-26-20-9-3-5-11-22(20)29-23-12-6-4-10-21(23)26/h3-6,9-12,19H,2,7-8,13-18H2,1H3. The van der Waals surface area contributed by atoms with E-state index in [4.69, 9.17) is 4.74 Å². The molecule has 4 rings (SSSR count). The predicted molar refractivity (Wildman–Crippen MR) is 119 cm³/mol. The maximum absolute atomic E-state index is 11.9. The largest absolute Gasteiger partial charge is 0.466 e. The SMILES string of the molecule is CCOC(=O)C1CCN(CCCCN2c3ccccc3Sc3ccccc32)CC1. The average Bonchev–Trinajstić information content (AvgIpc) is 2.76. The third-order valence-corrected chi connectivity index (χ3v) is 6.98. The summed E-state index contributed by atoms with van der Waals surface area (Å²) in [7, 11) is 0. The molecule has 0 amide bonds.